The van der Waals surface area contributed by atoms with Gasteiger partial charge in [0, 0.05) is 12.1 Å². The van der Waals surface area contributed by atoms with E-state index in [-0.39, 0.29) is 12.1 Å². The summed E-state index contributed by atoms with van der Waals surface area (Å²) in [5.41, 5.74) is 11.2. The summed E-state index contributed by atoms with van der Waals surface area (Å²) >= 11 is 0. The first kappa shape index (κ1) is 20.9. The van der Waals surface area contributed by atoms with Gasteiger partial charge in [-0.1, -0.05) is 0 Å². The largest absolute Gasteiger partial charge is 0.326 e. The minimum absolute atomic E-state index is 0.00231. The van der Waals surface area contributed by atoms with E-state index in [1.54, 1.807) is 0 Å². The Balaban J connectivity index is 0.000000240. The summed E-state index contributed by atoms with van der Waals surface area (Å²) in [6.45, 7) is 11.7. The fourth-order valence-corrected chi connectivity index (χ4v) is 3.29. The first-order valence-corrected chi connectivity index (χ1v) is 8.91. The number of nitriles is 2. The molecule has 136 valence electrons. The molecule has 2 rings (SSSR count). The summed E-state index contributed by atoms with van der Waals surface area (Å²) in [6.07, 6.45) is 2.21. The van der Waals surface area contributed by atoms with E-state index >= 15 is 0 Å². The third-order valence-electron chi connectivity index (χ3n) is 5.46. The lowest BCUT2D eigenvalue weighted by Gasteiger charge is -2.28. The summed E-state index contributed by atoms with van der Waals surface area (Å²) in [4.78, 5) is 0. The van der Waals surface area contributed by atoms with Crippen LogP contribution in [0.3, 0.4) is 0 Å². The monoisotopic (exact) mass is 334 g/mol. The minimum atomic E-state index is -0.392. The van der Waals surface area contributed by atoms with Crippen molar-refractivity contribution in [1.82, 2.24) is 10.6 Å². The lowest BCUT2D eigenvalue weighted by Crippen LogP contribution is -2.43. The first-order chi connectivity index (χ1) is 11.2. The van der Waals surface area contributed by atoms with Crippen molar-refractivity contribution in [3.05, 3.63) is 0 Å². The fourth-order valence-electron chi connectivity index (χ4n) is 3.29. The zero-order valence-electron chi connectivity index (χ0n) is 15.6. The van der Waals surface area contributed by atoms with Crippen LogP contribution in [-0.4, -0.2) is 38.3 Å². The molecule has 4 atom stereocenters. The molecule has 6 nitrogen and oxygen atoms in total. The molecule has 2 fully saturated rings. The molecule has 0 aromatic rings. The van der Waals surface area contributed by atoms with Crippen LogP contribution in [-0.2, 0) is 0 Å². The van der Waals surface area contributed by atoms with Crippen LogP contribution in [0.4, 0.5) is 0 Å². The Kier molecular flexibility index (Phi) is 7.63. The molecule has 0 aromatic carbocycles. The van der Waals surface area contributed by atoms with Gasteiger partial charge in [-0.25, -0.2) is 0 Å². The Morgan fingerprint density at radius 2 is 1.17 bits per heavy atom. The molecular weight excluding hydrogens is 300 g/mol. The van der Waals surface area contributed by atoms with Crippen LogP contribution >= 0.6 is 0 Å². The second-order valence-electron chi connectivity index (χ2n) is 8.22. The highest BCUT2D eigenvalue weighted by atomic mass is 14.9. The van der Waals surface area contributed by atoms with Gasteiger partial charge in [-0.3, -0.25) is 0 Å². The first-order valence-electron chi connectivity index (χ1n) is 8.91. The summed E-state index contributed by atoms with van der Waals surface area (Å²) in [5, 5.41) is 24.3. The van der Waals surface area contributed by atoms with Gasteiger partial charge in [0.15, 0.2) is 0 Å². The second kappa shape index (κ2) is 8.78. The molecule has 6 N–H and O–H groups in total. The van der Waals surface area contributed by atoms with Crippen LogP contribution in [0.25, 0.3) is 0 Å². The van der Waals surface area contributed by atoms with E-state index in [1.165, 1.54) is 0 Å². The van der Waals surface area contributed by atoms with Crippen molar-refractivity contribution in [3.8, 4) is 12.1 Å². The Morgan fingerprint density at radius 3 is 1.38 bits per heavy atom. The predicted molar refractivity (Wildman–Crippen MR) is 96.7 cm³/mol. The quantitative estimate of drug-likeness (QED) is 0.607. The number of nitrogens with one attached hydrogen (secondary N) is 2. The maximum atomic E-state index is 8.87. The van der Waals surface area contributed by atoms with E-state index in [4.69, 9.17) is 22.0 Å². The molecule has 6 heteroatoms. The van der Waals surface area contributed by atoms with Gasteiger partial charge in [-0.05, 0) is 78.6 Å². The molecule has 2 aliphatic heterocycles. The Morgan fingerprint density at radius 1 is 0.833 bits per heavy atom. The highest BCUT2D eigenvalue weighted by Gasteiger charge is 2.35. The molecule has 0 radical (unpaired) electrons. The molecule has 0 bridgehead atoms. The van der Waals surface area contributed by atoms with Crippen molar-refractivity contribution >= 4 is 0 Å². The van der Waals surface area contributed by atoms with Gasteiger partial charge in [-0.2, -0.15) is 10.5 Å². The average molecular weight is 335 g/mol. The third-order valence-corrected chi connectivity index (χ3v) is 5.46. The topological polar surface area (TPSA) is 124 Å². The molecule has 24 heavy (non-hydrogen) atoms. The SMILES string of the molecule is CC(C)(C#N)C(N)C1CCNC1.CC(C)(C#N)C(N)C1CCNC1. The molecule has 0 saturated carbocycles. The van der Waals surface area contributed by atoms with Gasteiger partial charge >= 0.3 is 0 Å². The normalized spacial score (nSPS) is 26.7. The van der Waals surface area contributed by atoms with Gasteiger partial charge in [0.1, 0.15) is 0 Å². The second-order valence-corrected chi connectivity index (χ2v) is 8.22. The standard InChI is InChI=1S/2C9H17N3/c2*1-9(2,6-10)8(11)7-3-4-12-5-7/h2*7-8,12H,3-5,11H2,1-2H3. The van der Waals surface area contributed by atoms with Crippen molar-refractivity contribution in [3.63, 3.8) is 0 Å². The number of hydrogen-bond acceptors (Lipinski definition) is 6. The van der Waals surface area contributed by atoms with Crippen molar-refractivity contribution in [2.45, 2.75) is 52.6 Å². The van der Waals surface area contributed by atoms with Gasteiger partial charge in [-0.15, -0.1) is 0 Å². The molecule has 0 aliphatic carbocycles. The zero-order valence-corrected chi connectivity index (χ0v) is 15.6. The van der Waals surface area contributed by atoms with Gasteiger partial charge in [0.2, 0.25) is 0 Å². The summed E-state index contributed by atoms with van der Waals surface area (Å²) in [5.74, 6) is 0.944. The van der Waals surface area contributed by atoms with E-state index < -0.39 is 10.8 Å². The predicted octanol–water partition coefficient (Wildman–Crippen LogP) is 0.946. The third kappa shape index (κ3) is 5.43. The Bertz CT molecular complexity index is 417. The molecule has 2 heterocycles. The van der Waals surface area contributed by atoms with E-state index in [9.17, 15) is 0 Å². The van der Waals surface area contributed by atoms with E-state index in [1.807, 2.05) is 27.7 Å². The van der Waals surface area contributed by atoms with Crippen molar-refractivity contribution in [2.75, 3.05) is 26.2 Å². The van der Waals surface area contributed by atoms with Crippen LogP contribution in [0.15, 0.2) is 0 Å². The number of rotatable bonds is 4. The highest BCUT2D eigenvalue weighted by Crippen LogP contribution is 2.27. The number of nitrogens with two attached hydrogens (primary N) is 2. The lowest BCUT2D eigenvalue weighted by molar-refractivity contribution is 0.292. The molecular formula is C18H34N6. The van der Waals surface area contributed by atoms with Crippen LogP contribution < -0.4 is 22.1 Å². The van der Waals surface area contributed by atoms with E-state index in [2.05, 4.69) is 22.8 Å². The maximum Gasteiger partial charge on any atom is 0.0700 e. The summed E-state index contributed by atoms with van der Waals surface area (Å²) in [7, 11) is 0. The summed E-state index contributed by atoms with van der Waals surface area (Å²) < 4.78 is 0. The maximum absolute atomic E-state index is 8.87. The van der Waals surface area contributed by atoms with Crippen molar-refractivity contribution in [2.24, 2.45) is 34.1 Å². The molecule has 4 unspecified atom stereocenters. The van der Waals surface area contributed by atoms with Crippen molar-refractivity contribution in [1.29, 1.82) is 10.5 Å². The van der Waals surface area contributed by atoms with Gasteiger partial charge < -0.3 is 22.1 Å². The molecule has 0 aromatic heterocycles. The smallest absolute Gasteiger partial charge is 0.0700 e. The summed E-state index contributed by atoms with van der Waals surface area (Å²) in [6, 6.07) is 4.53. The van der Waals surface area contributed by atoms with Crippen molar-refractivity contribution < 1.29 is 0 Å². The van der Waals surface area contributed by atoms with Crippen LogP contribution in [0.1, 0.15) is 40.5 Å². The number of hydrogen-bond donors (Lipinski definition) is 4. The van der Waals surface area contributed by atoms with Gasteiger partial charge in [0.05, 0.1) is 23.0 Å². The van der Waals surface area contributed by atoms with E-state index in [0.29, 0.717) is 11.8 Å². The van der Waals surface area contributed by atoms with Crippen LogP contribution in [0.2, 0.25) is 0 Å². The average Bonchev–Trinajstić information content (AvgIpc) is 3.27. The van der Waals surface area contributed by atoms with Gasteiger partial charge in [0.25, 0.3) is 0 Å². The molecule has 2 saturated heterocycles. The molecule has 0 amide bonds. The van der Waals surface area contributed by atoms with E-state index in [0.717, 1.165) is 39.0 Å². The van der Waals surface area contributed by atoms with Crippen LogP contribution in [0, 0.1) is 45.3 Å². The lowest BCUT2D eigenvalue weighted by atomic mass is 9.79. The fraction of sp³-hybridized carbons (Fsp3) is 0.889. The highest BCUT2D eigenvalue weighted by molar-refractivity contribution is 5.03. The molecule has 0 spiro atoms. The molecule has 2 aliphatic rings. The Hall–Kier alpha value is -1.18. The van der Waals surface area contributed by atoms with Crippen LogP contribution in [0.5, 0.6) is 0 Å². The minimum Gasteiger partial charge on any atom is -0.326 e. The Labute approximate surface area is 147 Å². The number of nitrogens with zero attached hydrogens (tertiary/aromatic N) is 2. The zero-order chi connectivity index (χ0) is 18.4.